The van der Waals surface area contributed by atoms with Crippen molar-refractivity contribution in [2.24, 2.45) is 5.92 Å². The maximum atomic E-state index is 12.7. The standard InChI is InChI=1S/C26H38N2O7/c1-5-25(11-6-7-13-28(4)17-25)19-9-8-10-20(15-19)35-21(30)16-26(34,12-14-29)24(33)27-22(18(2)3)23(31)32/h8-10,14-15,18,22,34H,5-7,11-13,16-17H2,1-4H3,(H,27,33)(H,31,32)/t22?,25?,26-/m1/s1. The predicted molar refractivity (Wildman–Crippen MR) is 130 cm³/mol. The Morgan fingerprint density at radius 3 is 2.60 bits per heavy atom. The fourth-order valence-corrected chi connectivity index (χ4v) is 4.72. The summed E-state index contributed by atoms with van der Waals surface area (Å²) in [6.07, 6.45) is 3.01. The van der Waals surface area contributed by atoms with Gasteiger partial charge in [0.1, 0.15) is 18.1 Å². The van der Waals surface area contributed by atoms with E-state index in [0.29, 0.717) is 6.29 Å². The van der Waals surface area contributed by atoms with Crippen LogP contribution in [0.5, 0.6) is 5.75 Å². The van der Waals surface area contributed by atoms with Gasteiger partial charge in [-0.3, -0.25) is 9.59 Å². The molecule has 0 aromatic heterocycles. The Hall–Kier alpha value is -2.78. The number of carboxylic acids is 1. The number of aliphatic carboxylic acids is 1. The van der Waals surface area contributed by atoms with E-state index in [-0.39, 0.29) is 11.2 Å². The Morgan fingerprint density at radius 2 is 2.00 bits per heavy atom. The molecule has 3 N–H and O–H groups in total. The van der Waals surface area contributed by atoms with Crippen LogP contribution in [0.1, 0.15) is 64.9 Å². The molecule has 1 aliphatic heterocycles. The van der Waals surface area contributed by atoms with Crippen LogP contribution in [-0.4, -0.2) is 71.0 Å². The smallest absolute Gasteiger partial charge is 0.326 e. The third-order valence-electron chi connectivity index (χ3n) is 6.87. The number of rotatable bonds is 11. The summed E-state index contributed by atoms with van der Waals surface area (Å²) in [5.74, 6) is -3.48. The van der Waals surface area contributed by atoms with Crippen LogP contribution >= 0.6 is 0 Å². The van der Waals surface area contributed by atoms with Crippen molar-refractivity contribution in [3.05, 3.63) is 29.8 Å². The van der Waals surface area contributed by atoms with Gasteiger partial charge in [0, 0.05) is 18.4 Å². The number of amides is 1. The van der Waals surface area contributed by atoms with Crippen molar-refractivity contribution in [1.29, 1.82) is 0 Å². The fraction of sp³-hybridized carbons (Fsp3) is 0.615. The number of nitrogens with one attached hydrogen (secondary N) is 1. The van der Waals surface area contributed by atoms with Crippen molar-refractivity contribution < 1.29 is 34.1 Å². The molecule has 9 heteroatoms. The first-order valence-corrected chi connectivity index (χ1v) is 12.2. The second-order valence-electron chi connectivity index (χ2n) is 9.94. The zero-order valence-electron chi connectivity index (χ0n) is 21.1. The highest BCUT2D eigenvalue weighted by atomic mass is 16.5. The van der Waals surface area contributed by atoms with Crippen LogP contribution in [0.15, 0.2) is 24.3 Å². The summed E-state index contributed by atoms with van der Waals surface area (Å²) >= 11 is 0. The summed E-state index contributed by atoms with van der Waals surface area (Å²) < 4.78 is 5.46. The molecule has 194 valence electrons. The lowest BCUT2D eigenvalue weighted by Crippen LogP contribution is -2.55. The molecule has 0 saturated carbocycles. The number of aldehydes is 1. The van der Waals surface area contributed by atoms with Gasteiger partial charge in [-0.1, -0.05) is 39.3 Å². The van der Waals surface area contributed by atoms with Crippen LogP contribution in [0.4, 0.5) is 0 Å². The highest BCUT2D eigenvalue weighted by molar-refractivity contribution is 5.94. The average molecular weight is 491 g/mol. The number of nitrogens with zero attached hydrogens (tertiary/aromatic N) is 1. The van der Waals surface area contributed by atoms with Gasteiger partial charge in [0.25, 0.3) is 5.91 Å². The van der Waals surface area contributed by atoms with E-state index in [9.17, 15) is 29.4 Å². The molecule has 1 aromatic carbocycles. The molecule has 1 aromatic rings. The minimum absolute atomic E-state index is 0.0749. The Labute approximate surface area is 206 Å². The van der Waals surface area contributed by atoms with Crippen molar-refractivity contribution >= 4 is 24.1 Å². The van der Waals surface area contributed by atoms with E-state index in [0.717, 1.165) is 44.3 Å². The average Bonchev–Trinajstić information content (AvgIpc) is 2.98. The molecule has 0 aliphatic carbocycles. The van der Waals surface area contributed by atoms with E-state index in [2.05, 4.69) is 24.2 Å². The summed E-state index contributed by atoms with van der Waals surface area (Å²) in [5.41, 5.74) is -1.44. The van der Waals surface area contributed by atoms with Gasteiger partial charge in [-0.15, -0.1) is 0 Å². The van der Waals surface area contributed by atoms with Gasteiger partial charge in [0.15, 0.2) is 5.60 Å². The first kappa shape index (κ1) is 28.5. The van der Waals surface area contributed by atoms with Crippen LogP contribution in [0.3, 0.4) is 0 Å². The maximum absolute atomic E-state index is 12.7. The molecule has 1 saturated heterocycles. The SMILES string of the molecule is CCC1(c2cccc(OC(=O)C[C@](O)(CC=O)C(=O)NC(C(=O)O)C(C)C)c2)CCCCN(C)C1. The van der Waals surface area contributed by atoms with Gasteiger partial charge in [0.05, 0.1) is 6.42 Å². The number of aliphatic hydroxyl groups is 1. The van der Waals surface area contributed by atoms with Crippen molar-refractivity contribution in [2.75, 3.05) is 20.1 Å². The van der Waals surface area contributed by atoms with E-state index < -0.39 is 48.2 Å². The fourth-order valence-electron chi connectivity index (χ4n) is 4.72. The molecule has 0 spiro atoms. The zero-order valence-corrected chi connectivity index (χ0v) is 21.1. The van der Waals surface area contributed by atoms with E-state index >= 15 is 0 Å². The Morgan fingerprint density at radius 1 is 1.29 bits per heavy atom. The van der Waals surface area contributed by atoms with Gasteiger partial charge >= 0.3 is 11.9 Å². The highest BCUT2D eigenvalue weighted by Gasteiger charge is 2.41. The largest absolute Gasteiger partial charge is 0.480 e. The first-order valence-electron chi connectivity index (χ1n) is 12.2. The van der Waals surface area contributed by atoms with Crippen molar-refractivity contribution in [3.8, 4) is 5.75 Å². The molecule has 3 atom stereocenters. The van der Waals surface area contributed by atoms with Crippen LogP contribution < -0.4 is 10.1 Å². The Bertz CT molecular complexity index is 919. The van der Waals surface area contributed by atoms with E-state index in [1.54, 1.807) is 19.9 Å². The van der Waals surface area contributed by atoms with E-state index in [1.165, 1.54) is 0 Å². The second-order valence-corrected chi connectivity index (χ2v) is 9.94. The third kappa shape index (κ3) is 7.35. The molecule has 1 amide bonds. The number of ether oxygens (including phenoxy) is 1. The van der Waals surface area contributed by atoms with Gasteiger partial charge in [-0.2, -0.15) is 0 Å². The predicted octanol–water partition coefficient (Wildman–Crippen LogP) is 2.29. The third-order valence-corrected chi connectivity index (χ3v) is 6.87. The van der Waals surface area contributed by atoms with E-state index in [1.807, 2.05) is 18.2 Å². The normalized spacial score (nSPS) is 21.4. The summed E-state index contributed by atoms with van der Waals surface area (Å²) in [7, 11) is 2.10. The summed E-state index contributed by atoms with van der Waals surface area (Å²) in [4.78, 5) is 50.3. The van der Waals surface area contributed by atoms with Crippen molar-refractivity contribution in [2.45, 2.75) is 76.4 Å². The molecule has 2 unspecified atom stereocenters. The topological polar surface area (TPSA) is 133 Å². The first-order chi connectivity index (χ1) is 16.5. The van der Waals surface area contributed by atoms with E-state index in [4.69, 9.17) is 4.74 Å². The van der Waals surface area contributed by atoms with Crippen molar-refractivity contribution in [1.82, 2.24) is 10.2 Å². The van der Waals surface area contributed by atoms with Gasteiger partial charge in [-0.25, -0.2) is 4.79 Å². The van der Waals surface area contributed by atoms with Gasteiger partial charge in [-0.05, 0) is 56.5 Å². The van der Waals surface area contributed by atoms with Crippen LogP contribution in [0.2, 0.25) is 0 Å². The summed E-state index contributed by atoms with van der Waals surface area (Å²) in [6, 6.07) is 6.00. The molecular weight excluding hydrogens is 452 g/mol. The minimum Gasteiger partial charge on any atom is -0.480 e. The molecule has 1 fully saturated rings. The molecule has 1 heterocycles. The number of carboxylic acid groups (broad SMARTS) is 1. The van der Waals surface area contributed by atoms with Gasteiger partial charge in [0.2, 0.25) is 0 Å². The molecule has 2 rings (SSSR count). The highest BCUT2D eigenvalue weighted by Crippen LogP contribution is 2.37. The molecule has 9 nitrogen and oxygen atoms in total. The van der Waals surface area contributed by atoms with Crippen molar-refractivity contribution in [3.63, 3.8) is 0 Å². The number of likely N-dealkylation sites (N-methyl/N-ethyl adjacent to an activating group) is 1. The zero-order chi connectivity index (χ0) is 26.2. The number of esters is 1. The number of carbonyl (C=O) groups excluding carboxylic acids is 3. The minimum atomic E-state index is -2.42. The summed E-state index contributed by atoms with van der Waals surface area (Å²) in [5, 5.41) is 22.3. The molecular formula is C26H38N2O7. The summed E-state index contributed by atoms with van der Waals surface area (Å²) in [6.45, 7) is 7.26. The lowest BCUT2D eigenvalue weighted by Gasteiger charge is -2.35. The Kier molecular flexibility index (Phi) is 9.97. The molecule has 1 aliphatic rings. The monoisotopic (exact) mass is 490 g/mol. The van der Waals surface area contributed by atoms with Crippen LogP contribution in [0.25, 0.3) is 0 Å². The second kappa shape index (κ2) is 12.3. The quantitative estimate of drug-likeness (QED) is 0.244. The number of hydrogen-bond acceptors (Lipinski definition) is 7. The Balaban J connectivity index is 2.19. The number of carbonyl (C=O) groups is 4. The number of benzene rings is 1. The molecule has 0 radical (unpaired) electrons. The number of hydrogen-bond donors (Lipinski definition) is 3. The lowest BCUT2D eigenvalue weighted by atomic mass is 9.74. The number of likely N-dealkylation sites (tertiary alicyclic amines) is 1. The van der Waals surface area contributed by atoms with Crippen LogP contribution in [-0.2, 0) is 24.6 Å². The molecule has 0 bridgehead atoms. The van der Waals surface area contributed by atoms with Gasteiger partial charge < -0.3 is 30.0 Å². The molecule has 35 heavy (non-hydrogen) atoms. The lowest BCUT2D eigenvalue weighted by molar-refractivity contribution is -0.155. The van der Waals surface area contributed by atoms with Crippen LogP contribution in [0, 0.1) is 5.92 Å². The maximum Gasteiger partial charge on any atom is 0.326 e.